The molecule has 2 aromatic rings. The monoisotopic (exact) mass is 499 g/mol. The van der Waals surface area contributed by atoms with Crippen molar-refractivity contribution in [2.45, 2.75) is 37.1 Å². The number of amides is 2. The molecule has 2 aromatic carbocycles. The predicted molar refractivity (Wildman–Crippen MR) is 141 cm³/mol. The number of nitrogens with one attached hydrogen (secondary N) is 1. The maximum Gasteiger partial charge on any atom is 0.254 e. The average molecular weight is 500 g/mol. The molecule has 7 nitrogen and oxygen atoms in total. The van der Waals surface area contributed by atoms with E-state index < -0.39 is 12.0 Å². The van der Waals surface area contributed by atoms with Gasteiger partial charge in [-0.1, -0.05) is 26.0 Å². The molecule has 8 heteroatoms. The number of hydrogen-bond donors (Lipinski definition) is 1. The van der Waals surface area contributed by atoms with Gasteiger partial charge >= 0.3 is 0 Å². The topological polar surface area (TPSA) is 71.1 Å². The molecule has 0 unspecified atom stereocenters. The standard InChI is InChI=1S/C27H37N3O4S/c1-7-30(8-2)15-9-14-28-26(31)24-20-16-22(33-4)23(34-5)17-21(20)27(32)29(3)25(24)18-10-12-19(35-6)13-11-18/h10-13,16-17,24-25H,7-9,14-15H2,1-6H3,(H,28,31)/t24-,25+/m1/s1. The lowest BCUT2D eigenvalue weighted by atomic mass is 9.79. The number of hydrogen-bond acceptors (Lipinski definition) is 6. The quantitative estimate of drug-likeness (QED) is 0.369. The van der Waals surface area contributed by atoms with Gasteiger partial charge in [-0.25, -0.2) is 0 Å². The van der Waals surface area contributed by atoms with Gasteiger partial charge in [-0.15, -0.1) is 11.8 Å². The highest BCUT2D eigenvalue weighted by molar-refractivity contribution is 7.98. The SMILES string of the molecule is CCN(CC)CCCNC(=O)[C@@H]1c2cc(OC)c(OC)cc2C(=O)N(C)[C@H]1c1ccc(SC)cc1. The van der Waals surface area contributed by atoms with E-state index in [4.69, 9.17) is 9.47 Å². The number of likely N-dealkylation sites (N-methyl/N-ethyl adjacent to an activating group) is 1. The molecular formula is C27H37N3O4S. The minimum absolute atomic E-state index is 0.101. The first kappa shape index (κ1) is 26.9. The number of methoxy groups -OCH3 is 2. The first-order valence-electron chi connectivity index (χ1n) is 12.1. The molecule has 1 aliphatic heterocycles. The first-order chi connectivity index (χ1) is 16.9. The molecule has 0 radical (unpaired) electrons. The van der Waals surface area contributed by atoms with Gasteiger partial charge in [0.25, 0.3) is 5.91 Å². The van der Waals surface area contributed by atoms with E-state index in [1.807, 2.05) is 30.5 Å². The maximum atomic E-state index is 13.7. The van der Waals surface area contributed by atoms with Crippen LogP contribution in [0.25, 0.3) is 0 Å². The van der Waals surface area contributed by atoms with Crippen LogP contribution in [0.3, 0.4) is 0 Å². The summed E-state index contributed by atoms with van der Waals surface area (Å²) in [5.74, 6) is 0.136. The Morgan fingerprint density at radius 2 is 1.71 bits per heavy atom. The summed E-state index contributed by atoms with van der Waals surface area (Å²) in [4.78, 5) is 32.3. The van der Waals surface area contributed by atoms with Crippen molar-refractivity contribution < 1.29 is 19.1 Å². The van der Waals surface area contributed by atoms with Crippen molar-refractivity contribution >= 4 is 23.6 Å². The number of ether oxygens (including phenoxy) is 2. The van der Waals surface area contributed by atoms with Crippen molar-refractivity contribution in [1.82, 2.24) is 15.1 Å². The van der Waals surface area contributed by atoms with Crippen molar-refractivity contribution in [3.63, 3.8) is 0 Å². The van der Waals surface area contributed by atoms with Gasteiger partial charge in [-0.05, 0) is 67.7 Å². The third kappa shape index (κ3) is 5.76. The molecule has 0 aromatic heterocycles. The lowest BCUT2D eigenvalue weighted by Crippen LogP contribution is -2.46. The van der Waals surface area contributed by atoms with E-state index in [1.165, 1.54) is 7.11 Å². The highest BCUT2D eigenvalue weighted by atomic mass is 32.2. The zero-order chi connectivity index (χ0) is 25.5. The molecule has 1 aliphatic rings. The smallest absolute Gasteiger partial charge is 0.254 e. The third-order valence-corrected chi connectivity index (χ3v) is 7.50. The van der Waals surface area contributed by atoms with E-state index in [0.717, 1.165) is 36.5 Å². The van der Waals surface area contributed by atoms with Crippen LogP contribution in [0.4, 0.5) is 0 Å². The van der Waals surface area contributed by atoms with Gasteiger partial charge in [-0.3, -0.25) is 9.59 Å². The molecule has 0 saturated heterocycles. The number of rotatable bonds is 11. The van der Waals surface area contributed by atoms with E-state index in [-0.39, 0.29) is 11.8 Å². The number of carbonyl (C=O) groups excluding carboxylic acids is 2. The van der Waals surface area contributed by atoms with Gasteiger partial charge in [0.1, 0.15) is 0 Å². The minimum Gasteiger partial charge on any atom is -0.493 e. The summed E-state index contributed by atoms with van der Waals surface area (Å²) in [5, 5.41) is 3.14. The van der Waals surface area contributed by atoms with Crippen molar-refractivity contribution in [2.75, 3.05) is 53.7 Å². The molecule has 1 N–H and O–H groups in total. The molecule has 0 aliphatic carbocycles. The summed E-state index contributed by atoms with van der Waals surface area (Å²) < 4.78 is 11.0. The molecule has 0 saturated carbocycles. The van der Waals surface area contributed by atoms with Crippen LogP contribution in [0, 0.1) is 0 Å². The Hall–Kier alpha value is -2.71. The molecule has 3 rings (SSSR count). The largest absolute Gasteiger partial charge is 0.493 e. The highest BCUT2D eigenvalue weighted by Crippen LogP contribution is 2.45. The van der Waals surface area contributed by atoms with Crippen molar-refractivity contribution in [3.8, 4) is 11.5 Å². The molecule has 0 fully saturated rings. The van der Waals surface area contributed by atoms with Gasteiger partial charge in [0, 0.05) is 24.1 Å². The summed E-state index contributed by atoms with van der Waals surface area (Å²) in [6.07, 6.45) is 2.89. The van der Waals surface area contributed by atoms with Crippen LogP contribution in [0.2, 0.25) is 0 Å². The number of carbonyl (C=O) groups is 2. The van der Waals surface area contributed by atoms with Crippen molar-refractivity contribution in [3.05, 3.63) is 53.1 Å². The van der Waals surface area contributed by atoms with Crippen LogP contribution >= 0.6 is 11.8 Å². The molecular weight excluding hydrogens is 462 g/mol. The summed E-state index contributed by atoms with van der Waals surface area (Å²) in [6, 6.07) is 11.1. The first-order valence-corrected chi connectivity index (χ1v) is 13.3. The highest BCUT2D eigenvalue weighted by Gasteiger charge is 2.43. The summed E-state index contributed by atoms with van der Waals surface area (Å²) >= 11 is 1.66. The molecule has 1 heterocycles. The van der Waals surface area contributed by atoms with Gasteiger partial charge in [0.15, 0.2) is 11.5 Å². The fraction of sp³-hybridized carbons (Fsp3) is 0.481. The van der Waals surface area contributed by atoms with Crippen LogP contribution < -0.4 is 14.8 Å². The second-order valence-corrected chi connectivity index (χ2v) is 9.46. The average Bonchev–Trinajstić information content (AvgIpc) is 2.89. The maximum absolute atomic E-state index is 13.7. The van der Waals surface area contributed by atoms with E-state index >= 15 is 0 Å². The summed E-state index contributed by atoms with van der Waals surface area (Å²) in [5.41, 5.74) is 2.04. The lowest BCUT2D eigenvalue weighted by Gasteiger charge is -2.40. The van der Waals surface area contributed by atoms with Gasteiger partial charge in [0.05, 0.1) is 26.2 Å². The second kappa shape index (κ2) is 12.3. The Balaban J connectivity index is 2.00. The predicted octanol–water partition coefficient (Wildman–Crippen LogP) is 4.18. The van der Waals surface area contributed by atoms with Crippen molar-refractivity contribution in [1.29, 1.82) is 0 Å². The normalized spacial score (nSPS) is 17.3. The number of thioether (sulfide) groups is 1. The molecule has 2 amide bonds. The summed E-state index contributed by atoms with van der Waals surface area (Å²) in [7, 11) is 4.86. The molecule has 2 atom stereocenters. The zero-order valence-electron chi connectivity index (χ0n) is 21.6. The van der Waals surface area contributed by atoms with Crippen LogP contribution in [0.1, 0.15) is 53.7 Å². The Bertz CT molecular complexity index is 1020. The van der Waals surface area contributed by atoms with Gasteiger partial charge in [-0.2, -0.15) is 0 Å². The van der Waals surface area contributed by atoms with Crippen LogP contribution in [-0.2, 0) is 4.79 Å². The fourth-order valence-electron chi connectivity index (χ4n) is 4.71. The molecule has 0 bridgehead atoms. The number of benzene rings is 2. The zero-order valence-corrected chi connectivity index (χ0v) is 22.4. The van der Waals surface area contributed by atoms with E-state index in [9.17, 15) is 9.59 Å². The Morgan fingerprint density at radius 3 is 2.29 bits per heavy atom. The Morgan fingerprint density at radius 1 is 1.09 bits per heavy atom. The molecule has 0 spiro atoms. The van der Waals surface area contributed by atoms with Crippen molar-refractivity contribution in [2.24, 2.45) is 0 Å². The minimum atomic E-state index is -0.582. The van der Waals surface area contributed by atoms with Crippen LogP contribution in [-0.4, -0.2) is 75.3 Å². The lowest BCUT2D eigenvalue weighted by molar-refractivity contribution is -0.124. The van der Waals surface area contributed by atoms with Gasteiger partial charge in [0.2, 0.25) is 5.91 Å². The van der Waals surface area contributed by atoms with E-state index in [2.05, 4.69) is 24.1 Å². The Labute approximate surface area is 213 Å². The number of fused-ring (bicyclic) bond motifs is 1. The summed E-state index contributed by atoms with van der Waals surface area (Å²) in [6.45, 7) is 7.76. The van der Waals surface area contributed by atoms with Crippen LogP contribution in [0.5, 0.6) is 11.5 Å². The van der Waals surface area contributed by atoms with E-state index in [0.29, 0.717) is 29.2 Å². The fourth-order valence-corrected chi connectivity index (χ4v) is 5.12. The second-order valence-electron chi connectivity index (χ2n) is 8.58. The molecule has 190 valence electrons. The van der Waals surface area contributed by atoms with E-state index in [1.54, 1.807) is 43.0 Å². The third-order valence-electron chi connectivity index (χ3n) is 6.76. The van der Waals surface area contributed by atoms with Gasteiger partial charge < -0.3 is 24.6 Å². The number of nitrogens with zero attached hydrogens (tertiary/aromatic N) is 2. The Kier molecular flexibility index (Phi) is 9.46. The molecule has 35 heavy (non-hydrogen) atoms. The van der Waals surface area contributed by atoms with Crippen LogP contribution in [0.15, 0.2) is 41.3 Å².